The Morgan fingerprint density at radius 1 is 1.00 bits per heavy atom. The lowest BCUT2D eigenvalue weighted by Crippen LogP contribution is -2.33. The van der Waals surface area contributed by atoms with Gasteiger partial charge in [-0.3, -0.25) is 14.4 Å². The molecule has 0 saturated carbocycles. The van der Waals surface area contributed by atoms with Gasteiger partial charge < -0.3 is 11.1 Å². The largest absolute Gasteiger partial charge is 0.366 e. The standard InChI is InChI=1S/C20H18N4O3/c1-13(20(27)22-16-9-7-15(8-10-16)19(21)26)24-18(25)12-11-17(23-24)14-5-3-2-4-6-14/h2-13H,1H3,(H2,21,26)(H,22,27). The molecule has 0 bridgehead atoms. The van der Waals surface area contributed by atoms with E-state index in [2.05, 4.69) is 10.4 Å². The Kier molecular flexibility index (Phi) is 5.12. The van der Waals surface area contributed by atoms with E-state index in [0.717, 1.165) is 10.2 Å². The molecule has 7 heteroatoms. The van der Waals surface area contributed by atoms with Crippen LogP contribution in [0.15, 0.2) is 71.5 Å². The van der Waals surface area contributed by atoms with Crippen molar-refractivity contribution >= 4 is 17.5 Å². The second-order valence-electron chi connectivity index (χ2n) is 5.97. The highest BCUT2D eigenvalue weighted by Crippen LogP contribution is 2.16. The average Bonchev–Trinajstić information content (AvgIpc) is 2.69. The second kappa shape index (κ2) is 7.65. The molecule has 0 saturated heterocycles. The van der Waals surface area contributed by atoms with Gasteiger partial charge in [0.1, 0.15) is 6.04 Å². The Hall–Kier alpha value is -3.74. The van der Waals surface area contributed by atoms with Crippen LogP contribution in [0.5, 0.6) is 0 Å². The van der Waals surface area contributed by atoms with Gasteiger partial charge in [0.25, 0.3) is 5.56 Å². The van der Waals surface area contributed by atoms with Crippen molar-refractivity contribution in [2.45, 2.75) is 13.0 Å². The fourth-order valence-corrected chi connectivity index (χ4v) is 2.54. The zero-order chi connectivity index (χ0) is 19.4. The lowest BCUT2D eigenvalue weighted by Gasteiger charge is -2.15. The number of hydrogen-bond acceptors (Lipinski definition) is 4. The highest BCUT2D eigenvalue weighted by Gasteiger charge is 2.18. The molecule has 1 atom stereocenters. The Labute approximate surface area is 155 Å². The summed E-state index contributed by atoms with van der Waals surface area (Å²) in [7, 11) is 0. The van der Waals surface area contributed by atoms with Crippen molar-refractivity contribution in [1.29, 1.82) is 0 Å². The Bertz CT molecular complexity index is 1030. The van der Waals surface area contributed by atoms with Crippen LogP contribution in [0.25, 0.3) is 11.3 Å². The van der Waals surface area contributed by atoms with Gasteiger partial charge in [-0.05, 0) is 37.3 Å². The molecular weight excluding hydrogens is 344 g/mol. The third-order valence-electron chi connectivity index (χ3n) is 4.08. The van der Waals surface area contributed by atoms with E-state index in [1.54, 1.807) is 25.1 Å². The zero-order valence-electron chi connectivity index (χ0n) is 14.6. The summed E-state index contributed by atoms with van der Waals surface area (Å²) in [5, 5.41) is 7.03. The van der Waals surface area contributed by atoms with E-state index in [9.17, 15) is 14.4 Å². The molecule has 2 amide bonds. The normalized spacial score (nSPS) is 11.6. The lowest BCUT2D eigenvalue weighted by molar-refractivity contribution is -0.119. The fourth-order valence-electron chi connectivity index (χ4n) is 2.54. The van der Waals surface area contributed by atoms with Gasteiger partial charge in [-0.1, -0.05) is 30.3 Å². The summed E-state index contributed by atoms with van der Waals surface area (Å²) in [6.07, 6.45) is 0. The molecule has 0 spiro atoms. The van der Waals surface area contributed by atoms with Crippen LogP contribution >= 0.6 is 0 Å². The number of aromatic nitrogens is 2. The summed E-state index contributed by atoms with van der Waals surface area (Å²) >= 11 is 0. The van der Waals surface area contributed by atoms with Crippen LogP contribution in [0.1, 0.15) is 23.3 Å². The second-order valence-corrected chi connectivity index (χ2v) is 5.97. The summed E-state index contributed by atoms with van der Waals surface area (Å²) in [6, 6.07) is 17.8. The number of primary amides is 1. The van der Waals surface area contributed by atoms with Gasteiger partial charge in [0.05, 0.1) is 5.69 Å². The third-order valence-corrected chi connectivity index (χ3v) is 4.08. The summed E-state index contributed by atoms with van der Waals surface area (Å²) in [6.45, 7) is 1.59. The Balaban J connectivity index is 1.82. The van der Waals surface area contributed by atoms with Crippen LogP contribution in [0.2, 0.25) is 0 Å². The van der Waals surface area contributed by atoms with Gasteiger partial charge in [0.15, 0.2) is 0 Å². The van der Waals surface area contributed by atoms with Gasteiger partial charge in [0, 0.05) is 22.9 Å². The molecule has 27 heavy (non-hydrogen) atoms. The molecule has 3 aromatic rings. The van der Waals surface area contributed by atoms with Crippen LogP contribution in [0.3, 0.4) is 0 Å². The van der Waals surface area contributed by atoms with Crippen molar-refractivity contribution in [2.24, 2.45) is 5.73 Å². The number of rotatable bonds is 5. The SMILES string of the molecule is CC(C(=O)Nc1ccc(C(N)=O)cc1)n1nc(-c2ccccc2)ccc1=O. The maximum Gasteiger partial charge on any atom is 0.267 e. The van der Waals surface area contributed by atoms with E-state index < -0.39 is 17.9 Å². The van der Waals surface area contributed by atoms with E-state index in [-0.39, 0.29) is 5.56 Å². The quantitative estimate of drug-likeness (QED) is 0.725. The van der Waals surface area contributed by atoms with E-state index in [1.165, 1.54) is 18.2 Å². The van der Waals surface area contributed by atoms with Crippen molar-refractivity contribution in [3.8, 4) is 11.3 Å². The highest BCUT2D eigenvalue weighted by atomic mass is 16.2. The van der Waals surface area contributed by atoms with Crippen molar-refractivity contribution in [3.63, 3.8) is 0 Å². The van der Waals surface area contributed by atoms with Gasteiger partial charge in [-0.15, -0.1) is 0 Å². The summed E-state index contributed by atoms with van der Waals surface area (Å²) in [4.78, 5) is 35.8. The first kappa shape index (κ1) is 18.1. The minimum Gasteiger partial charge on any atom is -0.366 e. The zero-order valence-corrected chi connectivity index (χ0v) is 14.6. The Morgan fingerprint density at radius 3 is 2.30 bits per heavy atom. The number of hydrogen-bond donors (Lipinski definition) is 2. The topological polar surface area (TPSA) is 107 Å². The summed E-state index contributed by atoms with van der Waals surface area (Å²) in [5.74, 6) is -0.948. The minimum atomic E-state index is -0.822. The van der Waals surface area contributed by atoms with E-state index >= 15 is 0 Å². The highest BCUT2D eigenvalue weighted by molar-refractivity contribution is 5.95. The maximum absolute atomic E-state index is 12.5. The van der Waals surface area contributed by atoms with Crippen molar-refractivity contribution in [1.82, 2.24) is 9.78 Å². The van der Waals surface area contributed by atoms with Gasteiger partial charge >= 0.3 is 0 Å². The molecule has 136 valence electrons. The van der Waals surface area contributed by atoms with Gasteiger partial charge in [-0.2, -0.15) is 5.10 Å². The van der Waals surface area contributed by atoms with Crippen LogP contribution in [0.4, 0.5) is 5.69 Å². The molecule has 0 aliphatic rings. The van der Waals surface area contributed by atoms with Crippen LogP contribution in [-0.4, -0.2) is 21.6 Å². The molecule has 2 aromatic carbocycles. The number of anilines is 1. The van der Waals surface area contributed by atoms with E-state index in [4.69, 9.17) is 5.73 Å². The number of nitrogens with zero attached hydrogens (tertiary/aromatic N) is 2. The number of nitrogens with one attached hydrogen (secondary N) is 1. The number of carbonyl (C=O) groups is 2. The fraction of sp³-hybridized carbons (Fsp3) is 0.100. The molecule has 3 N–H and O–H groups in total. The minimum absolute atomic E-state index is 0.342. The van der Waals surface area contributed by atoms with Crippen LogP contribution < -0.4 is 16.6 Å². The van der Waals surface area contributed by atoms with Gasteiger partial charge in [-0.25, -0.2) is 4.68 Å². The molecule has 1 aromatic heterocycles. The smallest absolute Gasteiger partial charge is 0.267 e. The van der Waals surface area contributed by atoms with Crippen molar-refractivity contribution in [3.05, 3.63) is 82.6 Å². The average molecular weight is 362 g/mol. The van der Waals surface area contributed by atoms with Crippen LogP contribution in [0, 0.1) is 0 Å². The van der Waals surface area contributed by atoms with Crippen molar-refractivity contribution in [2.75, 3.05) is 5.32 Å². The molecule has 7 nitrogen and oxygen atoms in total. The first-order valence-electron chi connectivity index (χ1n) is 8.32. The first-order chi connectivity index (χ1) is 13.0. The third kappa shape index (κ3) is 4.09. The maximum atomic E-state index is 12.5. The number of nitrogens with two attached hydrogens (primary N) is 1. The lowest BCUT2D eigenvalue weighted by atomic mass is 10.1. The first-order valence-corrected chi connectivity index (χ1v) is 8.32. The Morgan fingerprint density at radius 2 is 1.67 bits per heavy atom. The molecule has 0 fully saturated rings. The molecule has 1 heterocycles. The van der Waals surface area contributed by atoms with E-state index in [0.29, 0.717) is 16.9 Å². The molecule has 1 unspecified atom stereocenters. The van der Waals surface area contributed by atoms with Gasteiger partial charge in [0.2, 0.25) is 11.8 Å². The summed E-state index contributed by atoms with van der Waals surface area (Å²) < 4.78 is 1.15. The molecule has 0 aliphatic heterocycles. The molecule has 0 radical (unpaired) electrons. The molecular formula is C20H18N4O3. The molecule has 0 aliphatic carbocycles. The molecule has 3 rings (SSSR count). The monoisotopic (exact) mass is 362 g/mol. The van der Waals surface area contributed by atoms with Crippen LogP contribution in [-0.2, 0) is 4.79 Å². The number of benzene rings is 2. The number of amides is 2. The van der Waals surface area contributed by atoms with E-state index in [1.807, 2.05) is 30.3 Å². The van der Waals surface area contributed by atoms with Crippen molar-refractivity contribution < 1.29 is 9.59 Å². The predicted molar refractivity (Wildman–Crippen MR) is 102 cm³/mol. The summed E-state index contributed by atoms with van der Waals surface area (Å²) in [5.41, 5.74) is 7.10. The predicted octanol–water partition coefficient (Wildman–Crippen LogP) is 2.21. The number of carbonyl (C=O) groups excluding carboxylic acids is 2.